The molecule has 0 aliphatic rings. The SMILES string of the molecule is ClCCc1ccc(NCc2nc3ccccc3s2)cc1. The highest BCUT2D eigenvalue weighted by molar-refractivity contribution is 7.18. The first-order chi connectivity index (χ1) is 9.85. The van der Waals surface area contributed by atoms with E-state index in [1.165, 1.54) is 10.3 Å². The molecule has 102 valence electrons. The van der Waals surface area contributed by atoms with Crippen LogP contribution in [0.1, 0.15) is 10.6 Å². The molecule has 3 rings (SSSR count). The van der Waals surface area contributed by atoms with Crippen LogP contribution in [-0.4, -0.2) is 10.9 Å². The Labute approximate surface area is 127 Å². The van der Waals surface area contributed by atoms with Crippen LogP contribution in [0.5, 0.6) is 0 Å². The van der Waals surface area contributed by atoms with Gasteiger partial charge in [0.2, 0.25) is 0 Å². The molecule has 0 amide bonds. The van der Waals surface area contributed by atoms with Gasteiger partial charge < -0.3 is 5.32 Å². The second kappa shape index (κ2) is 6.25. The van der Waals surface area contributed by atoms with Crippen LogP contribution in [0.2, 0.25) is 0 Å². The number of nitrogens with one attached hydrogen (secondary N) is 1. The Kier molecular flexibility index (Phi) is 4.19. The van der Waals surface area contributed by atoms with Crippen LogP contribution in [-0.2, 0) is 13.0 Å². The lowest BCUT2D eigenvalue weighted by Crippen LogP contribution is -1.98. The zero-order valence-corrected chi connectivity index (χ0v) is 12.5. The summed E-state index contributed by atoms with van der Waals surface area (Å²) in [5.74, 6) is 0.665. The summed E-state index contributed by atoms with van der Waals surface area (Å²) in [7, 11) is 0. The molecule has 1 N–H and O–H groups in total. The minimum Gasteiger partial charge on any atom is -0.379 e. The molecule has 0 atom stereocenters. The number of alkyl halides is 1. The number of benzene rings is 2. The standard InChI is InChI=1S/C16H15ClN2S/c17-10-9-12-5-7-13(8-6-12)18-11-16-19-14-3-1-2-4-15(14)20-16/h1-8,18H,9-11H2. The van der Waals surface area contributed by atoms with E-state index < -0.39 is 0 Å². The maximum Gasteiger partial charge on any atom is 0.113 e. The van der Waals surface area contributed by atoms with Crippen molar-refractivity contribution in [3.63, 3.8) is 0 Å². The fourth-order valence-electron chi connectivity index (χ4n) is 2.07. The monoisotopic (exact) mass is 302 g/mol. The van der Waals surface area contributed by atoms with Gasteiger partial charge in [0.25, 0.3) is 0 Å². The van der Waals surface area contributed by atoms with Gasteiger partial charge in [-0.25, -0.2) is 4.98 Å². The lowest BCUT2D eigenvalue weighted by atomic mass is 10.1. The van der Waals surface area contributed by atoms with E-state index in [0.717, 1.165) is 29.2 Å². The molecule has 2 nitrogen and oxygen atoms in total. The molecule has 0 unspecified atom stereocenters. The molecule has 0 spiro atoms. The Bertz CT molecular complexity index is 658. The molecular weight excluding hydrogens is 288 g/mol. The molecule has 0 fully saturated rings. The van der Waals surface area contributed by atoms with Gasteiger partial charge in [-0.15, -0.1) is 22.9 Å². The van der Waals surface area contributed by atoms with Gasteiger partial charge in [0.15, 0.2) is 0 Å². The molecule has 0 bridgehead atoms. The summed E-state index contributed by atoms with van der Waals surface area (Å²) in [4.78, 5) is 4.61. The Balaban J connectivity index is 1.66. The third kappa shape index (κ3) is 3.11. The minimum absolute atomic E-state index is 0.665. The molecule has 1 aromatic heterocycles. The predicted octanol–water partition coefficient (Wildman–Crippen LogP) is 4.69. The van der Waals surface area contributed by atoms with Crippen LogP contribution < -0.4 is 5.32 Å². The molecule has 0 radical (unpaired) electrons. The summed E-state index contributed by atoms with van der Waals surface area (Å²) < 4.78 is 1.24. The molecular formula is C16H15ClN2S. The normalized spacial score (nSPS) is 10.8. The fraction of sp³-hybridized carbons (Fsp3) is 0.188. The van der Waals surface area contributed by atoms with Crippen molar-refractivity contribution < 1.29 is 0 Å². The number of nitrogens with zero attached hydrogens (tertiary/aromatic N) is 1. The second-order valence-electron chi connectivity index (χ2n) is 4.56. The fourth-order valence-corrected chi connectivity index (χ4v) is 3.20. The number of anilines is 1. The molecule has 3 aromatic rings. The molecule has 0 aliphatic carbocycles. The van der Waals surface area contributed by atoms with Crippen molar-refractivity contribution in [2.75, 3.05) is 11.2 Å². The summed E-state index contributed by atoms with van der Waals surface area (Å²) >= 11 is 7.47. The highest BCUT2D eigenvalue weighted by atomic mass is 35.5. The van der Waals surface area contributed by atoms with E-state index in [-0.39, 0.29) is 0 Å². The van der Waals surface area contributed by atoms with Crippen LogP contribution in [0.15, 0.2) is 48.5 Å². The van der Waals surface area contributed by atoms with Crippen LogP contribution in [0.25, 0.3) is 10.2 Å². The number of hydrogen-bond donors (Lipinski definition) is 1. The first-order valence-corrected chi connectivity index (χ1v) is 7.93. The molecule has 4 heteroatoms. The largest absolute Gasteiger partial charge is 0.379 e. The van der Waals surface area contributed by atoms with E-state index in [1.807, 2.05) is 12.1 Å². The van der Waals surface area contributed by atoms with Gasteiger partial charge in [0.1, 0.15) is 5.01 Å². The molecule has 0 saturated heterocycles. The number of halogens is 1. The first-order valence-electron chi connectivity index (χ1n) is 6.58. The highest BCUT2D eigenvalue weighted by Crippen LogP contribution is 2.22. The van der Waals surface area contributed by atoms with E-state index in [1.54, 1.807) is 11.3 Å². The Hall–Kier alpha value is -1.58. The number of fused-ring (bicyclic) bond motifs is 1. The Morgan fingerprint density at radius 1 is 1.05 bits per heavy atom. The van der Waals surface area contributed by atoms with Crippen LogP contribution in [0.3, 0.4) is 0 Å². The zero-order chi connectivity index (χ0) is 13.8. The van der Waals surface area contributed by atoms with Crippen molar-refractivity contribution in [3.05, 3.63) is 59.1 Å². The van der Waals surface area contributed by atoms with Crippen molar-refractivity contribution in [2.24, 2.45) is 0 Å². The molecule has 2 aromatic carbocycles. The molecule has 20 heavy (non-hydrogen) atoms. The topological polar surface area (TPSA) is 24.9 Å². The van der Waals surface area contributed by atoms with Crippen molar-refractivity contribution in [2.45, 2.75) is 13.0 Å². The number of rotatable bonds is 5. The van der Waals surface area contributed by atoms with Gasteiger partial charge in [-0.3, -0.25) is 0 Å². The van der Waals surface area contributed by atoms with Gasteiger partial charge in [-0.2, -0.15) is 0 Å². The van der Waals surface area contributed by atoms with Gasteiger partial charge in [-0.05, 0) is 36.2 Å². The van der Waals surface area contributed by atoms with Crippen LogP contribution in [0, 0.1) is 0 Å². The van der Waals surface area contributed by atoms with E-state index in [0.29, 0.717) is 5.88 Å². The third-order valence-corrected chi connectivity index (χ3v) is 4.34. The van der Waals surface area contributed by atoms with Crippen LogP contribution >= 0.6 is 22.9 Å². The Morgan fingerprint density at radius 3 is 2.60 bits per heavy atom. The van der Waals surface area contributed by atoms with Crippen molar-refractivity contribution in [3.8, 4) is 0 Å². The first kappa shape index (κ1) is 13.4. The lowest BCUT2D eigenvalue weighted by molar-refractivity contribution is 1.11. The van der Waals surface area contributed by atoms with E-state index >= 15 is 0 Å². The maximum absolute atomic E-state index is 5.73. The summed E-state index contributed by atoms with van der Waals surface area (Å²) in [5.41, 5.74) is 3.46. The molecule has 0 aliphatic heterocycles. The van der Waals surface area contributed by atoms with Crippen LogP contribution in [0.4, 0.5) is 5.69 Å². The van der Waals surface area contributed by atoms with Crippen molar-refractivity contribution in [1.82, 2.24) is 4.98 Å². The average Bonchev–Trinajstić information content (AvgIpc) is 2.90. The summed E-state index contributed by atoms with van der Waals surface area (Å²) in [6.07, 6.45) is 0.916. The summed E-state index contributed by atoms with van der Waals surface area (Å²) in [6.45, 7) is 0.758. The smallest absolute Gasteiger partial charge is 0.113 e. The number of hydrogen-bond acceptors (Lipinski definition) is 3. The summed E-state index contributed by atoms with van der Waals surface area (Å²) in [6, 6.07) is 16.6. The van der Waals surface area contributed by atoms with Crippen molar-refractivity contribution >= 4 is 38.8 Å². The number of aromatic nitrogens is 1. The quantitative estimate of drug-likeness (QED) is 0.692. The number of aryl methyl sites for hydroxylation is 1. The van der Waals surface area contributed by atoms with Gasteiger partial charge in [-0.1, -0.05) is 24.3 Å². The molecule has 1 heterocycles. The van der Waals surface area contributed by atoms with E-state index in [4.69, 9.17) is 11.6 Å². The highest BCUT2D eigenvalue weighted by Gasteiger charge is 2.02. The summed E-state index contributed by atoms with van der Waals surface area (Å²) in [5, 5.41) is 4.51. The average molecular weight is 303 g/mol. The number of para-hydroxylation sites is 1. The maximum atomic E-state index is 5.73. The van der Waals surface area contributed by atoms with Crippen molar-refractivity contribution in [1.29, 1.82) is 0 Å². The minimum atomic E-state index is 0.665. The van der Waals surface area contributed by atoms with Gasteiger partial charge in [0, 0.05) is 11.6 Å². The third-order valence-electron chi connectivity index (χ3n) is 3.12. The predicted molar refractivity (Wildman–Crippen MR) is 87.8 cm³/mol. The zero-order valence-electron chi connectivity index (χ0n) is 11.0. The van der Waals surface area contributed by atoms with E-state index in [2.05, 4.69) is 46.7 Å². The Morgan fingerprint density at radius 2 is 1.85 bits per heavy atom. The molecule has 0 saturated carbocycles. The number of thiazole rings is 1. The second-order valence-corrected chi connectivity index (χ2v) is 6.06. The lowest BCUT2D eigenvalue weighted by Gasteiger charge is -2.05. The van der Waals surface area contributed by atoms with Gasteiger partial charge >= 0.3 is 0 Å². The van der Waals surface area contributed by atoms with Gasteiger partial charge in [0.05, 0.1) is 16.8 Å². The van der Waals surface area contributed by atoms with E-state index in [9.17, 15) is 0 Å².